The van der Waals surface area contributed by atoms with Crippen molar-refractivity contribution >= 4 is 22.8 Å². The number of aliphatic hydroxyl groups is 1. The first-order valence-electron chi connectivity index (χ1n) is 13.6. The average molecular weight is 521 g/mol. The van der Waals surface area contributed by atoms with E-state index < -0.39 is 18.2 Å². The topological polar surface area (TPSA) is 87.7 Å². The average Bonchev–Trinajstić information content (AvgIpc) is 3.29. The van der Waals surface area contributed by atoms with Crippen molar-refractivity contribution in [2.75, 3.05) is 13.2 Å². The number of benzene rings is 4. The highest BCUT2D eigenvalue weighted by atomic mass is 16.5. The lowest BCUT2D eigenvalue weighted by molar-refractivity contribution is -0.124. The highest BCUT2D eigenvalue weighted by Crippen LogP contribution is 2.44. The summed E-state index contributed by atoms with van der Waals surface area (Å²) >= 11 is 0. The fourth-order valence-electron chi connectivity index (χ4n) is 6.19. The zero-order chi connectivity index (χ0) is 26.8. The Balaban J connectivity index is 1.10. The van der Waals surface area contributed by atoms with E-state index >= 15 is 0 Å². The van der Waals surface area contributed by atoms with Crippen LogP contribution in [0, 0.1) is 0 Å². The third kappa shape index (κ3) is 5.00. The van der Waals surface area contributed by atoms with Crippen molar-refractivity contribution in [2.24, 2.45) is 0 Å². The van der Waals surface area contributed by atoms with Gasteiger partial charge in [0, 0.05) is 11.8 Å². The Morgan fingerprint density at radius 3 is 2.26 bits per heavy atom. The maximum atomic E-state index is 13.2. The number of carbonyl (C=O) groups excluding carboxylic acids is 2. The molecular weight excluding hydrogens is 488 g/mol. The lowest BCUT2D eigenvalue weighted by atomic mass is 9.84. The fraction of sp³-hybridized carbons (Fsp3) is 0.273. The van der Waals surface area contributed by atoms with Gasteiger partial charge in [0.2, 0.25) is 5.91 Å². The molecule has 3 N–H and O–H groups in total. The molecule has 6 nitrogen and oxygen atoms in total. The number of hydrogen-bond acceptors (Lipinski definition) is 4. The summed E-state index contributed by atoms with van der Waals surface area (Å²) in [6.07, 6.45) is 1.41. The predicted octanol–water partition coefficient (Wildman–Crippen LogP) is 5.49. The molecule has 4 aromatic rings. The van der Waals surface area contributed by atoms with E-state index in [1.54, 1.807) is 0 Å². The predicted molar refractivity (Wildman–Crippen MR) is 152 cm³/mol. The monoisotopic (exact) mass is 520 g/mol. The molecule has 1 fully saturated rings. The van der Waals surface area contributed by atoms with Crippen molar-refractivity contribution in [1.82, 2.24) is 10.6 Å². The Hall–Kier alpha value is -4.16. The number of nitrogens with one attached hydrogen (secondary N) is 2. The van der Waals surface area contributed by atoms with Gasteiger partial charge in [-0.25, -0.2) is 4.79 Å². The second-order valence-corrected chi connectivity index (χ2v) is 10.5. The number of ether oxygens (including phenoxy) is 1. The van der Waals surface area contributed by atoms with Gasteiger partial charge in [-0.05, 0) is 51.4 Å². The van der Waals surface area contributed by atoms with Gasteiger partial charge in [0.15, 0.2) is 0 Å². The second kappa shape index (κ2) is 10.9. The van der Waals surface area contributed by atoms with E-state index in [4.69, 9.17) is 4.74 Å². The summed E-state index contributed by atoms with van der Waals surface area (Å²) < 4.78 is 5.67. The van der Waals surface area contributed by atoms with Crippen LogP contribution < -0.4 is 10.6 Å². The maximum absolute atomic E-state index is 13.2. The first-order valence-corrected chi connectivity index (χ1v) is 13.6. The smallest absolute Gasteiger partial charge is 0.407 e. The van der Waals surface area contributed by atoms with Gasteiger partial charge in [0.1, 0.15) is 12.6 Å². The van der Waals surface area contributed by atoms with Gasteiger partial charge in [-0.15, -0.1) is 0 Å². The molecule has 1 saturated heterocycles. The Kier molecular flexibility index (Phi) is 7.03. The molecule has 1 heterocycles. The summed E-state index contributed by atoms with van der Waals surface area (Å²) in [6.45, 7) is 0.0123. The molecule has 2 amide bonds. The van der Waals surface area contributed by atoms with Gasteiger partial charge in [0.05, 0.1) is 12.6 Å². The van der Waals surface area contributed by atoms with Crippen molar-refractivity contribution in [1.29, 1.82) is 0 Å². The maximum Gasteiger partial charge on any atom is 0.407 e. The number of amides is 2. The van der Waals surface area contributed by atoms with Gasteiger partial charge >= 0.3 is 6.09 Å². The molecule has 0 saturated carbocycles. The van der Waals surface area contributed by atoms with Crippen LogP contribution in [0.4, 0.5) is 4.79 Å². The van der Waals surface area contributed by atoms with Crippen LogP contribution in [0.25, 0.3) is 21.9 Å². The van der Waals surface area contributed by atoms with E-state index in [0.717, 1.165) is 51.4 Å². The SMILES string of the molecule is O=C(NC1CCCC(c2ccc3ccccc3c2)C(CO)NC1=O)OCC1c2ccccc2-c2ccccc21. The van der Waals surface area contributed by atoms with Crippen molar-refractivity contribution in [2.45, 2.75) is 43.2 Å². The molecule has 0 spiro atoms. The van der Waals surface area contributed by atoms with Crippen LogP contribution in [-0.4, -0.2) is 42.4 Å². The van der Waals surface area contributed by atoms with Crippen LogP contribution in [0.1, 0.15) is 47.8 Å². The highest BCUT2D eigenvalue weighted by Gasteiger charge is 2.33. The lowest BCUT2D eigenvalue weighted by Gasteiger charge is -2.32. The fourth-order valence-corrected chi connectivity index (χ4v) is 6.19. The minimum atomic E-state index is -0.716. The summed E-state index contributed by atoms with van der Waals surface area (Å²) in [5.41, 5.74) is 5.70. The number of rotatable bonds is 5. The molecule has 1 aliphatic carbocycles. The number of carbonyl (C=O) groups is 2. The molecule has 2 aliphatic rings. The Labute approximate surface area is 228 Å². The Bertz CT molecular complexity index is 1470. The molecule has 0 bridgehead atoms. The van der Waals surface area contributed by atoms with E-state index in [0.29, 0.717) is 6.42 Å². The molecule has 6 heteroatoms. The van der Waals surface area contributed by atoms with Crippen LogP contribution in [0.15, 0.2) is 91.0 Å². The van der Waals surface area contributed by atoms with Crippen LogP contribution >= 0.6 is 0 Å². The zero-order valence-corrected chi connectivity index (χ0v) is 21.7. The zero-order valence-electron chi connectivity index (χ0n) is 21.7. The van der Waals surface area contributed by atoms with Crippen molar-refractivity contribution in [3.63, 3.8) is 0 Å². The summed E-state index contributed by atoms with van der Waals surface area (Å²) in [4.78, 5) is 26.0. The summed E-state index contributed by atoms with van der Waals surface area (Å²) in [7, 11) is 0. The van der Waals surface area contributed by atoms with Crippen molar-refractivity contribution in [3.05, 3.63) is 108 Å². The van der Waals surface area contributed by atoms with Crippen LogP contribution in [0.3, 0.4) is 0 Å². The second-order valence-electron chi connectivity index (χ2n) is 10.5. The van der Waals surface area contributed by atoms with Gasteiger partial charge in [-0.1, -0.05) is 97.4 Å². The van der Waals surface area contributed by atoms with E-state index in [1.165, 1.54) is 0 Å². The van der Waals surface area contributed by atoms with E-state index in [1.807, 2.05) is 36.4 Å². The largest absolute Gasteiger partial charge is 0.449 e. The molecule has 198 valence electrons. The standard InChI is InChI=1S/C33H32N2O4/c36-19-31-24(23-17-16-21-8-1-2-9-22(21)18-23)14-7-15-30(32(37)34-31)35-33(38)39-20-29-27-12-5-3-10-25(27)26-11-4-6-13-28(26)29/h1-6,8-13,16-18,24,29-31,36H,7,14-15,19-20H2,(H,34,37)(H,35,38). The number of alkyl carbamates (subject to hydrolysis) is 1. The molecule has 3 unspecified atom stereocenters. The van der Waals surface area contributed by atoms with Crippen LogP contribution in [-0.2, 0) is 9.53 Å². The normalized spacial score (nSPS) is 20.8. The Morgan fingerprint density at radius 1 is 0.872 bits per heavy atom. The van der Waals surface area contributed by atoms with E-state index in [-0.39, 0.29) is 31.0 Å². The van der Waals surface area contributed by atoms with Crippen molar-refractivity contribution in [3.8, 4) is 11.1 Å². The minimum Gasteiger partial charge on any atom is -0.449 e. The Morgan fingerprint density at radius 2 is 1.54 bits per heavy atom. The summed E-state index contributed by atoms with van der Waals surface area (Å²) in [5, 5.41) is 18.2. The highest BCUT2D eigenvalue weighted by molar-refractivity contribution is 5.86. The van der Waals surface area contributed by atoms with E-state index in [2.05, 4.69) is 65.2 Å². The third-order valence-corrected chi connectivity index (χ3v) is 8.17. The molecule has 39 heavy (non-hydrogen) atoms. The molecular formula is C33H32N2O4. The summed E-state index contributed by atoms with van der Waals surface area (Å²) in [6, 6.07) is 29.7. The van der Waals surface area contributed by atoms with Crippen LogP contribution in [0.2, 0.25) is 0 Å². The van der Waals surface area contributed by atoms with Gasteiger partial charge < -0.3 is 20.5 Å². The first-order chi connectivity index (χ1) is 19.1. The lowest BCUT2D eigenvalue weighted by Crippen LogP contribution is -2.53. The third-order valence-electron chi connectivity index (χ3n) is 8.17. The summed E-state index contributed by atoms with van der Waals surface area (Å²) in [5.74, 6) is -0.359. The molecule has 0 aromatic heterocycles. The van der Waals surface area contributed by atoms with E-state index in [9.17, 15) is 14.7 Å². The van der Waals surface area contributed by atoms with Crippen molar-refractivity contribution < 1.29 is 19.4 Å². The van der Waals surface area contributed by atoms with Gasteiger partial charge in [-0.2, -0.15) is 0 Å². The quantitative estimate of drug-likeness (QED) is 0.325. The first kappa shape index (κ1) is 25.1. The van der Waals surface area contributed by atoms with Crippen LogP contribution in [0.5, 0.6) is 0 Å². The molecule has 6 rings (SSSR count). The number of hydrogen-bond donors (Lipinski definition) is 3. The number of fused-ring (bicyclic) bond motifs is 4. The number of aliphatic hydroxyl groups excluding tert-OH is 1. The molecule has 4 aromatic carbocycles. The van der Waals surface area contributed by atoms with Gasteiger partial charge in [0.25, 0.3) is 0 Å². The molecule has 1 aliphatic heterocycles. The van der Waals surface area contributed by atoms with Gasteiger partial charge in [-0.3, -0.25) is 4.79 Å². The minimum absolute atomic E-state index is 0.0149. The molecule has 3 atom stereocenters. The molecule has 0 radical (unpaired) electrons.